The van der Waals surface area contributed by atoms with E-state index in [-0.39, 0.29) is 0 Å². The fourth-order valence-corrected chi connectivity index (χ4v) is 1.60. The molecule has 2 heteroatoms. The van der Waals surface area contributed by atoms with Gasteiger partial charge < -0.3 is 5.32 Å². The van der Waals surface area contributed by atoms with Crippen molar-refractivity contribution in [1.82, 2.24) is 0 Å². The molecule has 0 amide bonds. The molecule has 1 atom stereocenters. The van der Waals surface area contributed by atoms with Gasteiger partial charge in [-0.3, -0.25) is 4.99 Å². The van der Waals surface area contributed by atoms with Crippen molar-refractivity contribution in [3.63, 3.8) is 0 Å². The molecule has 1 rings (SSSR count). The normalized spacial score (nSPS) is 31.8. The van der Waals surface area contributed by atoms with E-state index in [2.05, 4.69) is 23.4 Å². The average molecular weight is 153 g/mol. The fourth-order valence-electron chi connectivity index (χ4n) is 1.60. The van der Waals surface area contributed by atoms with Crippen LogP contribution in [0.1, 0.15) is 26.2 Å². The van der Waals surface area contributed by atoms with Crippen molar-refractivity contribution in [2.24, 2.45) is 10.4 Å². The number of hydrogen-bond acceptors (Lipinski definition) is 1. The molecule has 0 aliphatic carbocycles. The molecular weight excluding hydrogens is 136 g/mol. The number of nitrogens with zero attached hydrogens (tertiary/aromatic N) is 2. The van der Waals surface area contributed by atoms with Gasteiger partial charge in [0, 0.05) is 6.54 Å². The molecule has 64 valence electrons. The van der Waals surface area contributed by atoms with Gasteiger partial charge in [-0.2, -0.15) is 7.05 Å². The first-order valence-electron chi connectivity index (χ1n) is 4.31. The summed E-state index contributed by atoms with van der Waals surface area (Å²) in [6.07, 6.45) is 5.66. The van der Waals surface area contributed by atoms with Crippen LogP contribution in [0.4, 0.5) is 0 Å². The summed E-state index contributed by atoms with van der Waals surface area (Å²) in [5.41, 5.74) is 0.398. The zero-order valence-electron chi connectivity index (χ0n) is 7.51. The van der Waals surface area contributed by atoms with Crippen LogP contribution in [0.2, 0.25) is 0 Å². The molecule has 11 heavy (non-hydrogen) atoms. The van der Waals surface area contributed by atoms with Crippen molar-refractivity contribution in [3.05, 3.63) is 5.32 Å². The Bertz CT molecular complexity index is 142. The van der Waals surface area contributed by atoms with Crippen LogP contribution in [0.15, 0.2) is 4.99 Å². The maximum atomic E-state index is 4.28. The Balaban J connectivity index is 2.46. The van der Waals surface area contributed by atoms with Gasteiger partial charge in [0.15, 0.2) is 0 Å². The largest absolute Gasteiger partial charge is 0.665 e. The van der Waals surface area contributed by atoms with E-state index in [0.717, 1.165) is 19.5 Å². The summed E-state index contributed by atoms with van der Waals surface area (Å²) in [7, 11) is 1.90. The molecule has 0 fully saturated rings. The smallest absolute Gasteiger partial charge is 0.0385 e. The molecular formula is C9H17N2-. The van der Waals surface area contributed by atoms with Crippen LogP contribution in [-0.4, -0.2) is 26.4 Å². The van der Waals surface area contributed by atoms with Crippen LogP contribution in [0, 0.1) is 5.41 Å². The van der Waals surface area contributed by atoms with Gasteiger partial charge in [0.25, 0.3) is 0 Å². The fraction of sp³-hybridized carbons (Fsp3) is 0.889. The molecule has 1 heterocycles. The first-order chi connectivity index (χ1) is 5.27. The average Bonchev–Trinajstić information content (AvgIpc) is 2.15. The second kappa shape index (κ2) is 3.86. The topological polar surface area (TPSA) is 26.5 Å². The first kappa shape index (κ1) is 8.72. The molecule has 1 aliphatic heterocycles. The molecule has 0 unspecified atom stereocenters. The van der Waals surface area contributed by atoms with Crippen molar-refractivity contribution >= 4 is 6.21 Å². The van der Waals surface area contributed by atoms with Gasteiger partial charge >= 0.3 is 0 Å². The summed E-state index contributed by atoms with van der Waals surface area (Å²) in [5, 5.41) is 4.21. The van der Waals surface area contributed by atoms with Crippen LogP contribution in [-0.2, 0) is 0 Å². The molecule has 1 aliphatic rings. The van der Waals surface area contributed by atoms with E-state index in [0.29, 0.717) is 5.41 Å². The molecule has 2 nitrogen and oxygen atoms in total. The summed E-state index contributed by atoms with van der Waals surface area (Å²) in [4.78, 5) is 4.28. The highest BCUT2D eigenvalue weighted by molar-refractivity contribution is 5.58. The van der Waals surface area contributed by atoms with Crippen LogP contribution < -0.4 is 0 Å². The maximum absolute atomic E-state index is 4.28. The predicted octanol–water partition coefficient (Wildman–Crippen LogP) is 2.25. The van der Waals surface area contributed by atoms with Crippen molar-refractivity contribution in [3.8, 4) is 0 Å². The van der Waals surface area contributed by atoms with Gasteiger partial charge in [-0.15, -0.1) is 6.54 Å². The second-order valence-corrected chi connectivity index (χ2v) is 3.68. The minimum absolute atomic E-state index is 0.398. The Kier molecular flexibility index (Phi) is 3.06. The van der Waals surface area contributed by atoms with Crippen LogP contribution >= 0.6 is 0 Å². The van der Waals surface area contributed by atoms with Crippen molar-refractivity contribution in [1.29, 1.82) is 0 Å². The highest BCUT2D eigenvalue weighted by Crippen LogP contribution is 2.29. The summed E-state index contributed by atoms with van der Waals surface area (Å²) < 4.78 is 0. The number of aliphatic imine (C=N–C) groups is 1. The lowest BCUT2D eigenvalue weighted by atomic mass is 9.83. The van der Waals surface area contributed by atoms with Crippen molar-refractivity contribution in [2.45, 2.75) is 26.2 Å². The standard InChI is InChI=1S/C9H17N2/c1-9(8-10-2)4-3-6-11-7-5-9/h7H,3-6,8H2,1-2H3/q-1/t9-/m1/s1. The van der Waals surface area contributed by atoms with E-state index in [1.807, 2.05) is 7.05 Å². The Hall–Kier alpha value is -0.370. The van der Waals surface area contributed by atoms with E-state index in [1.165, 1.54) is 12.8 Å². The van der Waals surface area contributed by atoms with Crippen LogP contribution in [0.25, 0.3) is 5.32 Å². The molecule has 0 aromatic carbocycles. The lowest BCUT2D eigenvalue weighted by Gasteiger charge is -2.33. The summed E-state index contributed by atoms with van der Waals surface area (Å²) in [6, 6.07) is 0. The Morgan fingerprint density at radius 2 is 2.45 bits per heavy atom. The van der Waals surface area contributed by atoms with E-state index in [1.54, 1.807) is 0 Å². The minimum atomic E-state index is 0.398. The van der Waals surface area contributed by atoms with Gasteiger partial charge in [0.05, 0.1) is 0 Å². The summed E-state index contributed by atoms with van der Waals surface area (Å²) >= 11 is 0. The molecule has 0 N–H and O–H groups in total. The third-order valence-electron chi connectivity index (χ3n) is 2.32. The van der Waals surface area contributed by atoms with Gasteiger partial charge in [-0.05, 0) is 30.9 Å². The van der Waals surface area contributed by atoms with Crippen molar-refractivity contribution < 1.29 is 0 Å². The lowest BCUT2D eigenvalue weighted by molar-refractivity contribution is 0.338. The molecule has 0 bridgehead atoms. The molecule has 0 saturated heterocycles. The van der Waals surface area contributed by atoms with Gasteiger partial charge in [-0.25, -0.2) is 0 Å². The molecule has 0 radical (unpaired) electrons. The molecule has 0 aromatic heterocycles. The van der Waals surface area contributed by atoms with Crippen molar-refractivity contribution in [2.75, 3.05) is 20.1 Å². The molecule has 0 aromatic rings. The molecule has 0 saturated carbocycles. The molecule has 0 spiro atoms. The van der Waals surface area contributed by atoms with Gasteiger partial charge in [0.1, 0.15) is 0 Å². The van der Waals surface area contributed by atoms with Crippen LogP contribution in [0.3, 0.4) is 0 Å². The third-order valence-corrected chi connectivity index (χ3v) is 2.32. The van der Waals surface area contributed by atoms with Gasteiger partial charge in [-0.1, -0.05) is 6.92 Å². The Morgan fingerprint density at radius 1 is 1.64 bits per heavy atom. The predicted molar refractivity (Wildman–Crippen MR) is 49.5 cm³/mol. The quantitative estimate of drug-likeness (QED) is 0.581. The minimum Gasteiger partial charge on any atom is -0.665 e. The number of hydrogen-bond donors (Lipinski definition) is 0. The van der Waals surface area contributed by atoms with E-state index in [9.17, 15) is 0 Å². The van der Waals surface area contributed by atoms with E-state index in [4.69, 9.17) is 0 Å². The summed E-state index contributed by atoms with van der Waals surface area (Å²) in [6.45, 7) is 4.30. The SMILES string of the molecule is C[N-]C[C@@]1(C)CC=NCCC1. The lowest BCUT2D eigenvalue weighted by Crippen LogP contribution is -2.20. The van der Waals surface area contributed by atoms with Crippen LogP contribution in [0.5, 0.6) is 0 Å². The maximum Gasteiger partial charge on any atom is 0.0385 e. The zero-order valence-corrected chi connectivity index (χ0v) is 7.51. The van der Waals surface area contributed by atoms with E-state index >= 15 is 0 Å². The van der Waals surface area contributed by atoms with Gasteiger partial charge in [0.2, 0.25) is 0 Å². The highest BCUT2D eigenvalue weighted by atomic mass is 14.8. The highest BCUT2D eigenvalue weighted by Gasteiger charge is 2.19. The number of rotatable bonds is 2. The zero-order chi connectivity index (χ0) is 8.16. The Morgan fingerprint density at radius 3 is 3.18 bits per heavy atom. The second-order valence-electron chi connectivity index (χ2n) is 3.68. The van der Waals surface area contributed by atoms with E-state index < -0.39 is 0 Å². The Labute approximate surface area is 69.1 Å². The monoisotopic (exact) mass is 153 g/mol. The first-order valence-corrected chi connectivity index (χ1v) is 4.31. The summed E-state index contributed by atoms with van der Waals surface area (Å²) in [5.74, 6) is 0. The third kappa shape index (κ3) is 2.62.